The fraction of sp³-hybridized carbons (Fsp3) is 0.500. The third-order valence-corrected chi connectivity index (χ3v) is 2.98. The second kappa shape index (κ2) is 7.85. The number of methoxy groups -OCH3 is 2. The van der Waals surface area contributed by atoms with Crippen molar-refractivity contribution in [1.29, 1.82) is 0 Å². The minimum atomic E-state index is 0.532. The van der Waals surface area contributed by atoms with Gasteiger partial charge in [-0.2, -0.15) is 0 Å². The lowest BCUT2D eigenvalue weighted by atomic mass is 10.0. The first-order valence-corrected chi connectivity index (χ1v) is 6.71. The van der Waals surface area contributed by atoms with Crippen molar-refractivity contribution < 1.29 is 9.47 Å². The van der Waals surface area contributed by atoms with Crippen LogP contribution in [-0.4, -0.2) is 26.8 Å². The molecule has 0 saturated carbocycles. The Morgan fingerprint density at radius 3 is 2.58 bits per heavy atom. The average Bonchev–Trinajstić information content (AvgIpc) is 2.42. The molecule has 0 heterocycles. The third kappa shape index (κ3) is 4.95. The summed E-state index contributed by atoms with van der Waals surface area (Å²) in [4.78, 5) is 0. The molecule has 106 valence electrons. The minimum absolute atomic E-state index is 0.532. The van der Waals surface area contributed by atoms with Gasteiger partial charge in [0.15, 0.2) is 0 Å². The maximum atomic E-state index is 5.42. The van der Waals surface area contributed by atoms with Gasteiger partial charge in [-0.3, -0.25) is 0 Å². The molecule has 1 aromatic carbocycles. The van der Waals surface area contributed by atoms with E-state index in [0.717, 1.165) is 30.0 Å². The summed E-state index contributed by atoms with van der Waals surface area (Å²) in [6.45, 7) is 7.42. The molecule has 0 aliphatic carbocycles. The van der Waals surface area contributed by atoms with Gasteiger partial charge in [0.1, 0.15) is 11.5 Å². The van der Waals surface area contributed by atoms with Gasteiger partial charge in [-0.15, -0.1) is 0 Å². The smallest absolute Gasteiger partial charge is 0.130 e. The van der Waals surface area contributed by atoms with Crippen LogP contribution in [0.15, 0.2) is 24.3 Å². The van der Waals surface area contributed by atoms with E-state index in [1.807, 2.05) is 18.2 Å². The van der Waals surface area contributed by atoms with E-state index < -0.39 is 0 Å². The summed E-state index contributed by atoms with van der Waals surface area (Å²) < 4.78 is 10.6. The monoisotopic (exact) mass is 263 g/mol. The fourth-order valence-corrected chi connectivity index (χ4v) is 1.89. The van der Waals surface area contributed by atoms with Crippen LogP contribution in [-0.2, 0) is 0 Å². The molecule has 0 aliphatic rings. The molecule has 1 N–H and O–H groups in total. The van der Waals surface area contributed by atoms with Crippen molar-refractivity contribution >= 4 is 5.57 Å². The number of hydrogen-bond donors (Lipinski definition) is 1. The number of ether oxygens (including phenoxy) is 2. The highest BCUT2D eigenvalue weighted by molar-refractivity contribution is 5.69. The van der Waals surface area contributed by atoms with Crippen molar-refractivity contribution in [3.63, 3.8) is 0 Å². The minimum Gasteiger partial charge on any atom is -0.497 e. The molecule has 19 heavy (non-hydrogen) atoms. The Hall–Kier alpha value is -1.48. The van der Waals surface area contributed by atoms with Crippen LogP contribution < -0.4 is 14.8 Å². The highest BCUT2D eigenvalue weighted by atomic mass is 16.5. The molecule has 0 spiro atoms. The first-order chi connectivity index (χ1) is 9.08. The summed E-state index contributed by atoms with van der Waals surface area (Å²) in [5.74, 6) is 1.67. The number of nitrogens with one attached hydrogen (secondary N) is 1. The van der Waals surface area contributed by atoms with E-state index in [2.05, 4.69) is 32.2 Å². The molecule has 3 nitrogen and oxygen atoms in total. The van der Waals surface area contributed by atoms with E-state index in [1.165, 1.54) is 5.57 Å². The molecule has 0 unspecified atom stereocenters. The summed E-state index contributed by atoms with van der Waals surface area (Å²) >= 11 is 0. The van der Waals surface area contributed by atoms with Crippen LogP contribution in [0.2, 0.25) is 0 Å². The second-order valence-electron chi connectivity index (χ2n) is 4.85. The summed E-state index contributed by atoms with van der Waals surface area (Å²) in [6, 6.07) is 6.45. The Morgan fingerprint density at radius 1 is 1.26 bits per heavy atom. The average molecular weight is 263 g/mol. The van der Waals surface area contributed by atoms with Crippen LogP contribution in [0.4, 0.5) is 0 Å². The predicted molar refractivity (Wildman–Crippen MR) is 81.0 cm³/mol. The largest absolute Gasteiger partial charge is 0.497 e. The summed E-state index contributed by atoms with van der Waals surface area (Å²) in [5, 5.41) is 3.40. The number of rotatable bonds is 7. The van der Waals surface area contributed by atoms with E-state index >= 15 is 0 Å². The van der Waals surface area contributed by atoms with E-state index in [9.17, 15) is 0 Å². The van der Waals surface area contributed by atoms with Gasteiger partial charge in [0.05, 0.1) is 14.2 Å². The molecular formula is C16H25NO2. The first-order valence-electron chi connectivity index (χ1n) is 6.71. The van der Waals surface area contributed by atoms with Crippen LogP contribution in [0.5, 0.6) is 11.5 Å². The zero-order valence-electron chi connectivity index (χ0n) is 12.6. The van der Waals surface area contributed by atoms with Gasteiger partial charge >= 0.3 is 0 Å². The van der Waals surface area contributed by atoms with Crippen molar-refractivity contribution in [3.8, 4) is 11.5 Å². The lowest BCUT2D eigenvalue weighted by molar-refractivity contribution is 0.393. The number of allylic oxidation sites excluding steroid dienone is 1. The Morgan fingerprint density at radius 2 is 2.00 bits per heavy atom. The lowest BCUT2D eigenvalue weighted by Gasteiger charge is -2.11. The van der Waals surface area contributed by atoms with Crippen molar-refractivity contribution in [2.24, 2.45) is 0 Å². The Bertz CT molecular complexity index is 425. The molecule has 1 rings (SSSR count). The summed E-state index contributed by atoms with van der Waals surface area (Å²) in [7, 11) is 3.35. The lowest BCUT2D eigenvalue weighted by Crippen LogP contribution is -2.23. The van der Waals surface area contributed by atoms with Crippen LogP contribution in [0.25, 0.3) is 5.57 Å². The van der Waals surface area contributed by atoms with E-state index in [4.69, 9.17) is 9.47 Å². The molecule has 0 radical (unpaired) electrons. The van der Waals surface area contributed by atoms with Gasteiger partial charge < -0.3 is 14.8 Å². The molecule has 0 amide bonds. The Balaban J connectivity index is 2.75. The van der Waals surface area contributed by atoms with E-state index in [1.54, 1.807) is 14.2 Å². The predicted octanol–water partition coefficient (Wildman–Crippen LogP) is 3.50. The normalized spacial score (nSPS) is 11.8. The molecule has 3 heteroatoms. The topological polar surface area (TPSA) is 30.5 Å². The number of benzene rings is 1. The standard InChI is InChI=1S/C16H25NO2/c1-12(2)17-10-6-7-13(3)15-9-8-14(18-4)11-16(15)19-5/h7-9,11-12,17H,6,10H2,1-5H3. The van der Waals surface area contributed by atoms with Gasteiger partial charge in [0.25, 0.3) is 0 Å². The molecule has 0 saturated heterocycles. The SMILES string of the molecule is COc1ccc(C(C)=CCCNC(C)C)c(OC)c1. The maximum Gasteiger partial charge on any atom is 0.130 e. The quantitative estimate of drug-likeness (QED) is 0.764. The Kier molecular flexibility index (Phi) is 6.43. The highest BCUT2D eigenvalue weighted by Crippen LogP contribution is 2.29. The van der Waals surface area contributed by atoms with E-state index in [0.29, 0.717) is 6.04 Å². The highest BCUT2D eigenvalue weighted by Gasteiger charge is 2.06. The van der Waals surface area contributed by atoms with Gasteiger partial charge in [0, 0.05) is 17.7 Å². The maximum absolute atomic E-state index is 5.42. The second-order valence-corrected chi connectivity index (χ2v) is 4.85. The fourth-order valence-electron chi connectivity index (χ4n) is 1.89. The zero-order valence-corrected chi connectivity index (χ0v) is 12.6. The summed E-state index contributed by atoms with van der Waals surface area (Å²) in [5.41, 5.74) is 2.35. The molecule has 0 atom stereocenters. The molecule has 0 fully saturated rings. The Labute approximate surface area is 116 Å². The van der Waals surface area contributed by atoms with Crippen LogP contribution in [0.3, 0.4) is 0 Å². The number of hydrogen-bond acceptors (Lipinski definition) is 3. The van der Waals surface area contributed by atoms with Gasteiger partial charge in [-0.25, -0.2) is 0 Å². The van der Waals surface area contributed by atoms with Crippen molar-refractivity contribution in [3.05, 3.63) is 29.8 Å². The molecular weight excluding hydrogens is 238 g/mol. The van der Waals surface area contributed by atoms with Crippen LogP contribution in [0.1, 0.15) is 32.8 Å². The van der Waals surface area contributed by atoms with Gasteiger partial charge in [0.2, 0.25) is 0 Å². The molecule has 0 bridgehead atoms. The van der Waals surface area contributed by atoms with E-state index in [-0.39, 0.29) is 0 Å². The molecule has 0 aromatic heterocycles. The zero-order chi connectivity index (χ0) is 14.3. The van der Waals surface area contributed by atoms with Gasteiger partial charge in [-0.05, 0) is 37.6 Å². The third-order valence-electron chi connectivity index (χ3n) is 2.98. The first kappa shape index (κ1) is 15.6. The van der Waals surface area contributed by atoms with Gasteiger partial charge in [-0.1, -0.05) is 19.9 Å². The van der Waals surface area contributed by atoms with Crippen LogP contribution in [0, 0.1) is 0 Å². The molecule has 0 aliphatic heterocycles. The van der Waals surface area contributed by atoms with Crippen molar-refractivity contribution in [2.45, 2.75) is 33.2 Å². The van der Waals surface area contributed by atoms with Crippen molar-refractivity contribution in [2.75, 3.05) is 20.8 Å². The molecule has 1 aromatic rings. The van der Waals surface area contributed by atoms with Crippen LogP contribution >= 0.6 is 0 Å². The van der Waals surface area contributed by atoms with Crippen molar-refractivity contribution in [1.82, 2.24) is 5.32 Å². The summed E-state index contributed by atoms with van der Waals surface area (Å²) in [6.07, 6.45) is 3.25.